The lowest BCUT2D eigenvalue weighted by atomic mass is 10.0. The van der Waals surface area contributed by atoms with Gasteiger partial charge in [0.25, 0.3) is 0 Å². The SMILES string of the molecule is CCCCCCCCCC[N+](CCCCCCCCCC)(c1ccccc1)c1ccccc1N=Nc1ccccc1. The molecule has 0 saturated heterocycles. The van der Waals surface area contributed by atoms with Crippen LogP contribution in [0.25, 0.3) is 0 Å². The number of rotatable bonds is 22. The summed E-state index contributed by atoms with van der Waals surface area (Å²) in [6.45, 7) is 6.80. The van der Waals surface area contributed by atoms with Gasteiger partial charge in [-0.15, -0.1) is 5.11 Å². The van der Waals surface area contributed by atoms with Gasteiger partial charge in [-0.1, -0.05) is 139 Å². The molecule has 0 unspecified atom stereocenters. The molecule has 0 aliphatic carbocycles. The Bertz CT molecular complexity index is 1060. The number of hydrogen-bond donors (Lipinski definition) is 0. The fourth-order valence-corrected chi connectivity index (χ4v) is 6.01. The second-order valence-electron chi connectivity index (χ2n) is 11.7. The Hall–Kier alpha value is -2.78. The maximum atomic E-state index is 4.85. The molecule has 0 atom stereocenters. The van der Waals surface area contributed by atoms with Gasteiger partial charge in [0.1, 0.15) is 11.4 Å². The predicted octanol–water partition coefficient (Wildman–Crippen LogP) is 13.0. The summed E-state index contributed by atoms with van der Waals surface area (Å²) in [5.41, 5.74) is 4.54. The molecule has 3 aromatic rings. The molecule has 0 radical (unpaired) electrons. The lowest BCUT2D eigenvalue weighted by Gasteiger charge is -2.38. The molecule has 0 aliphatic heterocycles. The second-order valence-corrected chi connectivity index (χ2v) is 11.7. The van der Waals surface area contributed by atoms with E-state index in [1.165, 1.54) is 114 Å². The third-order valence-electron chi connectivity index (χ3n) is 8.41. The third kappa shape index (κ3) is 11.6. The summed E-state index contributed by atoms with van der Waals surface area (Å²) in [6, 6.07) is 30.1. The molecule has 0 amide bonds. The van der Waals surface area contributed by atoms with Gasteiger partial charge < -0.3 is 0 Å². The van der Waals surface area contributed by atoms with Gasteiger partial charge >= 0.3 is 0 Å². The van der Waals surface area contributed by atoms with E-state index in [0.29, 0.717) is 0 Å². The van der Waals surface area contributed by atoms with Gasteiger partial charge in [0, 0.05) is 6.07 Å². The first-order chi connectivity index (χ1) is 20.3. The summed E-state index contributed by atoms with van der Waals surface area (Å²) in [7, 11) is 0. The van der Waals surface area contributed by atoms with Gasteiger partial charge in [-0.2, -0.15) is 5.11 Å². The Kier molecular flexibility index (Phi) is 16.1. The zero-order valence-corrected chi connectivity index (χ0v) is 26.2. The van der Waals surface area contributed by atoms with Crippen LogP contribution in [0.1, 0.15) is 117 Å². The molecular weight excluding hydrogens is 498 g/mol. The maximum Gasteiger partial charge on any atom is 0.165 e. The monoisotopic (exact) mass is 554 g/mol. The smallest absolute Gasteiger partial charge is 0.165 e. The Balaban J connectivity index is 1.83. The fraction of sp³-hybridized carbons (Fsp3) is 0.526. The lowest BCUT2D eigenvalue weighted by molar-refractivity contribution is 0.354. The van der Waals surface area contributed by atoms with Crippen molar-refractivity contribution in [3.05, 3.63) is 84.9 Å². The van der Waals surface area contributed by atoms with Crippen molar-refractivity contribution in [2.75, 3.05) is 13.1 Å². The highest BCUT2D eigenvalue weighted by molar-refractivity contribution is 5.70. The molecule has 3 rings (SSSR count). The van der Waals surface area contributed by atoms with Crippen molar-refractivity contribution in [2.24, 2.45) is 10.2 Å². The highest BCUT2D eigenvalue weighted by atomic mass is 15.4. The van der Waals surface area contributed by atoms with Gasteiger partial charge in [-0.05, 0) is 56.0 Å². The summed E-state index contributed by atoms with van der Waals surface area (Å²) in [4.78, 5) is 0. The first-order valence-corrected chi connectivity index (χ1v) is 16.8. The summed E-state index contributed by atoms with van der Waals surface area (Å²) >= 11 is 0. The van der Waals surface area contributed by atoms with Crippen LogP contribution in [0.5, 0.6) is 0 Å². The van der Waals surface area contributed by atoms with Gasteiger partial charge in [0.15, 0.2) is 5.69 Å². The molecule has 0 aliphatic rings. The summed E-state index contributed by atoms with van der Waals surface area (Å²) < 4.78 is 0.858. The van der Waals surface area contributed by atoms with E-state index in [0.717, 1.165) is 28.9 Å². The van der Waals surface area contributed by atoms with Crippen molar-refractivity contribution in [3.63, 3.8) is 0 Å². The van der Waals surface area contributed by atoms with E-state index in [1.54, 1.807) is 0 Å². The molecule has 0 spiro atoms. The van der Waals surface area contributed by atoms with Crippen molar-refractivity contribution >= 4 is 22.7 Å². The Morgan fingerprint density at radius 3 is 1.41 bits per heavy atom. The number of azo groups is 1. The van der Waals surface area contributed by atoms with Gasteiger partial charge in [-0.25, -0.2) is 0 Å². The molecule has 41 heavy (non-hydrogen) atoms. The highest BCUT2D eigenvalue weighted by Crippen LogP contribution is 2.42. The van der Waals surface area contributed by atoms with Crippen LogP contribution in [0.2, 0.25) is 0 Å². The Morgan fingerprint density at radius 1 is 0.439 bits per heavy atom. The molecule has 0 N–H and O–H groups in total. The van der Waals surface area contributed by atoms with E-state index in [1.807, 2.05) is 30.3 Å². The third-order valence-corrected chi connectivity index (χ3v) is 8.41. The van der Waals surface area contributed by atoms with Crippen LogP contribution in [-0.4, -0.2) is 13.1 Å². The van der Waals surface area contributed by atoms with E-state index >= 15 is 0 Å². The van der Waals surface area contributed by atoms with Gasteiger partial charge in [-0.3, -0.25) is 4.48 Å². The van der Waals surface area contributed by atoms with Crippen molar-refractivity contribution in [1.29, 1.82) is 0 Å². The van der Waals surface area contributed by atoms with Gasteiger partial charge in [0.2, 0.25) is 0 Å². The number of unbranched alkanes of at least 4 members (excludes halogenated alkanes) is 14. The number of hydrogen-bond acceptors (Lipinski definition) is 2. The van der Waals surface area contributed by atoms with Crippen LogP contribution in [0, 0.1) is 0 Å². The Labute approximate surface area is 251 Å². The summed E-state index contributed by atoms with van der Waals surface area (Å²) in [6.07, 6.45) is 21.4. The predicted molar refractivity (Wildman–Crippen MR) is 180 cm³/mol. The number of benzene rings is 3. The minimum absolute atomic E-state index is 0.858. The first-order valence-electron chi connectivity index (χ1n) is 16.8. The number of quaternary nitrogens is 1. The number of nitrogens with zero attached hydrogens (tertiary/aromatic N) is 3. The van der Waals surface area contributed by atoms with E-state index in [4.69, 9.17) is 5.11 Å². The normalized spacial score (nSPS) is 11.9. The fourth-order valence-electron chi connectivity index (χ4n) is 6.01. The lowest BCUT2D eigenvalue weighted by Crippen LogP contribution is -2.46. The van der Waals surface area contributed by atoms with Crippen LogP contribution in [0.15, 0.2) is 95.2 Å². The van der Waals surface area contributed by atoms with Crippen LogP contribution >= 0.6 is 0 Å². The highest BCUT2D eigenvalue weighted by Gasteiger charge is 2.35. The molecule has 0 bridgehead atoms. The summed E-state index contributed by atoms with van der Waals surface area (Å²) in [5.74, 6) is 0. The molecule has 3 aromatic carbocycles. The first kappa shape index (κ1) is 32.7. The zero-order valence-electron chi connectivity index (χ0n) is 26.2. The van der Waals surface area contributed by atoms with Crippen molar-refractivity contribution in [3.8, 4) is 0 Å². The zero-order chi connectivity index (χ0) is 28.9. The quantitative estimate of drug-likeness (QED) is 0.0670. The minimum atomic E-state index is 0.858. The van der Waals surface area contributed by atoms with Crippen LogP contribution in [-0.2, 0) is 0 Å². The van der Waals surface area contributed by atoms with E-state index < -0.39 is 0 Å². The molecule has 0 saturated carbocycles. The molecule has 0 aromatic heterocycles. The largest absolute Gasteiger partial charge is 0.257 e. The minimum Gasteiger partial charge on any atom is -0.257 e. The molecule has 0 heterocycles. The maximum absolute atomic E-state index is 4.85. The average molecular weight is 555 g/mol. The molecule has 3 nitrogen and oxygen atoms in total. The van der Waals surface area contributed by atoms with E-state index in [2.05, 4.69) is 73.6 Å². The topological polar surface area (TPSA) is 24.7 Å². The molecule has 0 fully saturated rings. The second kappa shape index (κ2) is 20.2. The van der Waals surface area contributed by atoms with Crippen LogP contribution in [0.4, 0.5) is 22.7 Å². The molecular formula is C38H56N3+. The molecule has 3 heteroatoms. The van der Waals surface area contributed by atoms with E-state index in [-0.39, 0.29) is 0 Å². The Morgan fingerprint density at radius 2 is 0.878 bits per heavy atom. The van der Waals surface area contributed by atoms with Crippen molar-refractivity contribution in [2.45, 2.75) is 117 Å². The standard InChI is InChI=1S/C38H56N3/c1-3-5-7-9-11-13-15-25-33-41(36-29-21-18-22-30-36,34-26-16-14-12-10-8-6-4-2)38-32-24-23-31-37(38)40-39-35-27-19-17-20-28-35/h17-24,27-32H,3-16,25-26,33-34H2,1-2H3/q+1. The van der Waals surface area contributed by atoms with Gasteiger partial charge in [0.05, 0.1) is 18.8 Å². The number of para-hydroxylation sites is 2. The summed E-state index contributed by atoms with van der Waals surface area (Å²) in [5, 5.41) is 9.50. The average Bonchev–Trinajstić information content (AvgIpc) is 3.03. The van der Waals surface area contributed by atoms with Crippen LogP contribution in [0.3, 0.4) is 0 Å². The van der Waals surface area contributed by atoms with Crippen LogP contribution < -0.4 is 4.48 Å². The van der Waals surface area contributed by atoms with E-state index in [9.17, 15) is 0 Å². The van der Waals surface area contributed by atoms with Crippen molar-refractivity contribution < 1.29 is 0 Å². The molecule has 222 valence electrons. The van der Waals surface area contributed by atoms with Crippen molar-refractivity contribution in [1.82, 2.24) is 4.48 Å².